The number of ether oxygens (including phenoxy) is 1. The van der Waals surface area contributed by atoms with Crippen molar-refractivity contribution in [2.24, 2.45) is 17.8 Å². The van der Waals surface area contributed by atoms with Gasteiger partial charge in [0.1, 0.15) is 11.6 Å². The van der Waals surface area contributed by atoms with Gasteiger partial charge in [0.05, 0.1) is 11.1 Å². The minimum atomic E-state index is -4.91. The SMILES string of the molecule is CCC1CCC(C2CCC(c3ccc(C(F)(F)Oc4ccc(C(F)(F)F)c(F)c4)cc3)CC2)CC1. The zero-order valence-electron chi connectivity index (χ0n) is 19.9. The average Bonchev–Trinajstić information content (AvgIpc) is 2.83. The van der Waals surface area contributed by atoms with Gasteiger partial charge in [0.25, 0.3) is 0 Å². The molecule has 0 amide bonds. The van der Waals surface area contributed by atoms with Gasteiger partial charge >= 0.3 is 12.3 Å². The Kier molecular flexibility index (Phi) is 7.72. The fourth-order valence-electron chi connectivity index (χ4n) is 5.94. The maximum atomic E-state index is 14.6. The van der Waals surface area contributed by atoms with E-state index in [1.807, 2.05) is 0 Å². The van der Waals surface area contributed by atoms with E-state index in [0.717, 1.165) is 36.2 Å². The van der Waals surface area contributed by atoms with Crippen LogP contribution in [0.25, 0.3) is 0 Å². The lowest BCUT2D eigenvalue weighted by Crippen LogP contribution is -2.25. The number of alkyl halides is 5. The van der Waals surface area contributed by atoms with Crippen LogP contribution in [-0.4, -0.2) is 0 Å². The van der Waals surface area contributed by atoms with E-state index in [1.54, 1.807) is 12.1 Å². The van der Waals surface area contributed by atoms with Crippen LogP contribution in [0.3, 0.4) is 0 Å². The maximum absolute atomic E-state index is 14.6. The number of rotatable bonds is 6. The van der Waals surface area contributed by atoms with Crippen LogP contribution in [0.4, 0.5) is 26.3 Å². The van der Waals surface area contributed by atoms with Crippen molar-refractivity contribution in [3.8, 4) is 5.75 Å². The molecular weight excluding hydrogens is 466 g/mol. The normalized spacial score (nSPS) is 25.9. The topological polar surface area (TPSA) is 9.23 Å². The second-order valence-corrected chi connectivity index (χ2v) is 10.2. The van der Waals surface area contributed by atoms with Crippen molar-refractivity contribution in [1.29, 1.82) is 0 Å². The third kappa shape index (κ3) is 6.15. The summed E-state index contributed by atoms with van der Waals surface area (Å²) in [6.45, 7) is 2.28. The van der Waals surface area contributed by atoms with Gasteiger partial charge in [0, 0.05) is 6.07 Å². The molecule has 2 fully saturated rings. The molecule has 2 aliphatic rings. The highest BCUT2D eigenvalue weighted by Gasteiger charge is 2.37. The van der Waals surface area contributed by atoms with Gasteiger partial charge in [0.2, 0.25) is 0 Å². The highest BCUT2D eigenvalue weighted by atomic mass is 19.4. The highest BCUT2D eigenvalue weighted by Crippen LogP contribution is 2.44. The summed E-state index contributed by atoms with van der Waals surface area (Å²) in [5.41, 5.74) is -0.943. The van der Waals surface area contributed by atoms with E-state index in [9.17, 15) is 26.3 Å². The van der Waals surface area contributed by atoms with Crippen LogP contribution < -0.4 is 4.74 Å². The molecule has 4 rings (SSSR count). The Bertz CT molecular complexity index is 968. The molecule has 2 aromatic carbocycles. The zero-order valence-corrected chi connectivity index (χ0v) is 19.9. The molecule has 0 aliphatic heterocycles. The summed E-state index contributed by atoms with van der Waals surface area (Å²) in [6.07, 6.45) is 2.37. The van der Waals surface area contributed by atoms with Crippen LogP contribution in [0.2, 0.25) is 0 Å². The Morgan fingerprint density at radius 2 is 1.34 bits per heavy atom. The summed E-state index contributed by atoms with van der Waals surface area (Å²) in [5, 5.41) is 0. The van der Waals surface area contributed by atoms with Crippen molar-refractivity contribution < 1.29 is 31.1 Å². The van der Waals surface area contributed by atoms with E-state index < -0.39 is 35.0 Å². The first-order valence-electron chi connectivity index (χ1n) is 12.6. The van der Waals surface area contributed by atoms with E-state index >= 15 is 0 Å². The second kappa shape index (κ2) is 10.4. The fraction of sp³-hybridized carbons (Fsp3) is 0.571. The van der Waals surface area contributed by atoms with Crippen LogP contribution in [0.5, 0.6) is 5.75 Å². The molecular formula is C28H32F6O. The molecule has 192 valence electrons. The molecule has 0 aromatic heterocycles. The standard InChI is InChI=1S/C28H32F6O/c1-2-18-3-5-19(6-4-18)20-7-9-21(10-8-20)22-11-13-23(14-12-22)28(33,34)35-24-15-16-25(26(29)17-24)27(30,31)32/h11-21H,2-10H2,1H3. The van der Waals surface area contributed by atoms with Crippen LogP contribution in [0.1, 0.15) is 87.3 Å². The smallest absolute Gasteiger partial charge is 0.426 e. The van der Waals surface area contributed by atoms with E-state index in [1.165, 1.54) is 57.1 Å². The van der Waals surface area contributed by atoms with Crippen molar-refractivity contribution in [3.05, 3.63) is 65.0 Å². The minimum absolute atomic E-state index is 0.332. The molecule has 0 unspecified atom stereocenters. The summed E-state index contributed by atoms with van der Waals surface area (Å²) in [4.78, 5) is 0. The van der Waals surface area contributed by atoms with Gasteiger partial charge in [-0.25, -0.2) is 4.39 Å². The highest BCUT2D eigenvalue weighted by molar-refractivity contribution is 5.33. The van der Waals surface area contributed by atoms with Crippen molar-refractivity contribution in [2.45, 2.75) is 82.9 Å². The molecule has 0 N–H and O–H groups in total. The average molecular weight is 499 g/mol. The van der Waals surface area contributed by atoms with Crippen LogP contribution in [0.15, 0.2) is 42.5 Å². The third-order valence-corrected chi connectivity index (χ3v) is 8.12. The Labute approximate surface area is 202 Å². The maximum Gasteiger partial charge on any atom is 0.426 e. The molecule has 1 nitrogen and oxygen atoms in total. The van der Waals surface area contributed by atoms with Crippen molar-refractivity contribution in [1.82, 2.24) is 0 Å². The summed E-state index contributed by atoms with van der Waals surface area (Å²) >= 11 is 0. The summed E-state index contributed by atoms with van der Waals surface area (Å²) in [5.74, 6) is 0.496. The van der Waals surface area contributed by atoms with Crippen molar-refractivity contribution >= 4 is 0 Å². The van der Waals surface area contributed by atoms with E-state index in [-0.39, 0.29) is 0 Å². The first-order valence-corrected chi connectivity index (χ1v) is 12.6. The van der Waals surface area contributed by atoms with Gasteiger partial charge in [0.15, 0.2) is 0 Å². The molecule has 2 aliphatic carbocycles. The van der Waals surface area contributed by atoms with Crippen LogP contribution in [-0.2, 0) is 12.3 Å². The summed E-state index contributed by atoms with van der Waals surface area (Å²) in [7, 11) is 0. The first kappa shape index (κ1) is 25.9. The lowest BCUT2D eigenvalue weighted by Gasteiger charge is -2.38. The number of halogens is 6. The van der Waals surface area contributed by atoms with Gasteiger partial charge in [-0.15, -0.1) is 0 Å². The first-order chi connectivity index (χ1) is 16.6. The Hall–Kier alpha value is -2.18. The fourth-order valence-corrected chi connectivity index (χ4v) is 5.94. The van der Waals surface area contributed by atoms with Gasteiger partial charge in [-0.1, -0.05) is 38.3 Å². The third-order valence-electron chi connectivity index (χ3n) is 8.12. The van der Waals surface area contributed by atoms with Gasteiger partial charge in [-0.2, -0.15) is 22.0 Å². The number of benzene rings is 2. The van der Waals surface area contributed by atoms with E-state index in [4.69, 9.17) is 0 Å². The largest absolute Gasteiger partial charge is 0.429 e. The lowest BCUT2D eigenvalue weighted by atomic mass is 9.68. The van der Waals surface area contributed by atoms with Crippen molar-refractivity contribution in [2.75, 3.05) is 0 Å². The molecule has 2 aromatic rings. The molecule has 2 saturated carbocycles. The number of hydrogen-bond acceptors (Lipinski definition) is 1. The molecule has 0 bridgehead atoms. The van der Waals surface area contributed by atoms with Crippen LogP contribution in [0, 0.1) is 23.6 Å². The lowest BCUT2D eigenvalue weighted by molar-refractivity contribution is -0.185. The Morgan fingerprint density at radius 3 is 1.86 bits per heavy atom. The summed E-state index contributed by atoms with van der Waals surface area (Å²) < 4.78 is 85.6. The molecule has 0 heterocycles. The van der Waals surface area contributed by atoms with E-state index in [0.29, 0.717) is 24.1 Å². The predicted molar refractivity (Wildman–Crippen MR) is 123 cm³/mol. The van der Waals surface area contributed by atoms with Gasteiger partial charge in [-0.3, -0.25) is 0 Å². The van der Waals surface area contributed by atoms with Crippen LogP contribution >= 0.6 is 0 Å². The van der Waals surface area contributed by atoms with Gasteiger partial charge in [-0.05, 0) is 92.0 Å². The molecule has 7 heteroatoms. The predicted octanol–water partition coefficient (Wildman–Crippen LogP) is 9.46. The quantitative estimate of drug-likeness (QED) is 0.361. The summed E-state index contributed by atoms with van der Waals surface area (Å²) in [6, 6.07) is 7.35. The van der Waals surface area contributed by atoms with Crippen molar-refractivity contribution in [3.63, 3.8) is 0 Å². The van der Waals surface area contributed by atoms with Gasteiger partial charge < -0.3 is 4.74 Å². The Morgan fingerprint density at radius 1 is 0.771 bits per heavy atom. The minimum Gasteiger partial charge on any atom is -0.429 e. The molecule has 0 spiro atoms. The molecule has 0 saturated heterocycles. The second-order valence-electron chi connectivity index (χ2n) is 10.2. The van der Waals surface area contributed by atoms with E-state index in [2.05, 4.69) is 11.7 Å². The molecule has 0 atom stereocenters. The monoisotopic (exact) mass is 498 g/mol. The zero-order chi connectivity index (χ0) is 25.2. The molecule has 35 heavy (non-hydrogen) atoms. The number of hydrogen-bond donors (Lipinski definition) is 0. The molecule has 0 radical (unpaired) electrons. The Balaban J connectivity index is 1.34.